The summed E-state index contributed by atoms with van der Waals surface area (Å²) in [7, 11) is 0. The summed E-state index contributed by atoms with van der Waals surface area (Å²) in [6.45, 7) is 1.58. The Morgan fingerprint density at radius 2 is 1.72 bits per heavy atom. The van der Waals surface area contributed by atoms with Gasteiger partial charge in [0.25, 0.3) is 0 Å². The maximum absolute atomic E-state index is 13.1. The molecule has 7 nitrogen and oxygen atoms in total. The monoisotopic (exact) mass is 403 g/mol. The number of anilines is 2. The third kappa shape index (κ3) is 3.58. The van der Waals surface area contributed by atoms with E-state index in [9.17, 15) is 13.2 Å². The van der Waals surface area contributed by atoms with Crippen LogP contribution in [0.25, 0.3) is 5.65 Å². The molecule has 10 heteroatoms. The van der Waals surface area contributed by atoms with Gasteiger partial charge in [-0.3, -0.25) is 0 Å². The highest BCUT2D eigenvalue weighted by atomic mass is 19.4. The van der Waals surface area contributed by atoms with Crippen LogP contribution in [0.3, 0.4) is 0 Å². The van der Waals surface area contributed by atoms with E-state index in [1.807, 2.05) is 18.3 Å². The second kappa shape index (κ2) is 6.85. The quantitative estimate of drug-likeness (QED) is 0.667. The molecule has 0 aromatic carbocycles. The van der Waals surface area contributed by atoms with Gasteiger partial charge in [-0.1, -0.05) is 0 Å². The van der Waals surface area contributed by atoms with Crippen molar-refractivity contribution in [3.8, 4) is 0 Å². The topological polar surface area (TPSA) is 62.5 Å². The lowest BCUT2D eigenvalue weighted by Gasteiger charge is -2.39. The van der Waals surface area contributed by atoms with Crippen molar-refractivity contribution in [1.82, 2.24) is 24.6 Å². The Labute approximate surface area is 165 Å². The third-order valence-corrected chi connectivity index (χ3v) is 5.57. The normalized spacial score (nSPS) is 18.4. The lowest BCUT2D eigenvalue weighted by molar-refractivity contribution is -0.141. The Balaban J connectivity index is 1.33. The lowest BCUT2D eigenvalue weighted by atomic mass is 10.0. The zero-order valence-corrected chi connectivity index (χ0v) is 15.6. The van der Waals surface area contributed by atoms with Gasteiger partial charge in [-0.25, -0.2) is 19.5 Å². The average Bonchev–Trinajstić information content (AvgIpc) is 3.43. The van der Waals surface area contributed by atoms with Gasteiger partial charge in [-0.2, -0.15) is 13.2 Å². The van der Waals surface area contributed by atoms with Crippen LogP contribution < -0.4 is 9.80 Å². The summed E-state index contributed by atoms with van der Waals surface area (Å²) in [5.74, 6) is 1.26. The van der Waals surface area contributed by atoms with E-state index in [1.165, 1.54) is 0 Å². The van der Waals surface area contributed by atoms with Crippen molar-refractivity contribution < 1.29 is 13.2 Å². The molecule has 0 atom stereocenters. The van der Waals surface area contributed by atoms with Gasteiger partial charge in [-0.15, -0.1) is 5.10 Å². The summed E-state index contributed by atoms with van der Waals surface area (Å²) in [4.78, 5) is 16.1. The van der Waals surface area contributed by atoms with Gasteiger partial charge in [0.15, 0.2) is 5.65 Å². The molecular weight excluding hydrogens is 383 g/mol. The number of fused-ring (bicyclic) bond motifs is 1. The summed E-state index contributed by atoms with van der Waals surface area (Å²) in [6, 6.07) is 5.40. The molecule has 3 aromatic heterocycles. The van der Waals surface area contributed by atoms with E-state index in [0.29, 0.717) is 5.82 Å². The van der Waals surface area contributed by atoms with Crippen LogP contribution in [0.5, 0.6) is 0 Å². The molecule has 0 amide bonds. The summed E-state index contributed by atoms with van der Waals surface area (Å²) in [5, 5.41) is 4.59. The van der Waals surface area contributed by atoms with Gasteiger partial charge in [-0.05, 0) is 37.8 Å². The van der Waals surface area contributed by atoms with E-state index in [4.69, 9.17) is 0 Å². The predicted molar refractivity (Wildman–Crippen MR) is 101 cm³/mol. The molecule has 0 unspecified atom stereocenters. The molecule has 29 heavy (non-hydrogen) atoms. The highest BCUT2D eigenvalue weighted by molar-refractivity contribution is 5.48. The molecule has 2 aliphatic rings. The van der Waals surface area contributed by atoms with Crippen LogP contribution in [0.4, 0.5) is 24.8 Å². The number of hydrogen-bond acceptors (Lipinski definition) is 6. The molecule has 1 aliphatic heterocycles. The molecule has 0 bridgehead atoms. The lowest BCUT2D eigenvalue weighted by Crippen LogP contribution is -2.46. The van der Waals surface area contributed by atoms with Gasteiger partial charge in [0.2, 0.25) is 0 Å². The Bertz CT molecular complexity index is 1010. The van der Waals surface area contributed by atoms with E-state index in [2.05, 4.69) is 29.9 Å². The minimum atomic E-state index is -4.46. The second-order valence-corrected chi connectivity index (χ2v) is 7.54. The fraction of sp³-hybridized carbons (Fsp3) is 0.474. The molecule has 1 saturated heterocycles. The number of rotatable bonds is 4. The van der Waals surface area contributed by atoms with Crippen LogP contribution in [0.1, 0.15) is 31.4 Å². The maximum atomic E-state index is 13.1. The van der Waals surface area contributed by atoms with Crippen molar-refractivity contribution in [2.24, 2.45) is 0 Å². The number of nitrogens with zero attached hydrogens (tertiary/aromatic N) is 7. The van der Waals surface area contributed by atoms with Crippen molar-refractivity contribution in [2.45, 2.75) is 43.9 Å². The molecule has 1 saturated carbocycles. The molecule has 4 heterocycles. The Hall–Kier alpha value is -2.91. The van der Waals surface area contributed by atoms with Gasteiger partial charge >= 0.3 is 6.18 Å². The number of alkyl halides is 3. The van der Waals surface area contributed by atoms with Crippen molar-refractivity contribution in [2.75, 3.05) is 22.9 Å². The first kappa shape index (κ1) is 18.1. The molecule has 0 N–H and O–H groups in total. The number of aromatic nitrogens is 5. The minimum absolute atomic E-state index is 0.159. The first-order valence-corrected chi connectivity index (χ1v) is 9.72. The van der Waals surface area contributed by atoms with Crippen LogP contribution >= 0.6 is 0 Å². The average molecular weight is 403 g/mol. The second-order valence-electron chi connectivity index (χ2n) is 7.54. The molecule has 1 aliphatic carbocycles. The number of imidazole rings is 1. The van der Waals surface area contributed by atoms with Gasteiger partial charge < -0.3 is 9.80 Å². The smallest absolute Gasteiger partial charge is 0.355 e. The fourth-order valence-electron chi connectivity index (χ4n) is 4.02. The molecule has 5 rings (SSSR count). The van der Waals surface area contributed by atoms with Crippen molar-refractivity contribution >= 4 is 17.3 Å². The SMILES string of the molecule is FC(F)(F)c1cc(N(C2CC2)C2CCN(c3ccc4nccn4n3)CC2)ncn1. The summed E-state index contributed by atoms with van der Waals surface area (Å²) in [5.41, 5.74) is -0.0869. The Morgan fingerprint density at radius 3 is 2.45 bits per heavy atom. The van der Waals surface area contributed by atoms with Crippen LogP contribution in [-0.2, 0) is 6.18 Å². The number of halogens is 3. The van der Waals surface area contributed by atoms with Crippen molar-refractivity contribution in [3.05, 3.63) is 42.6 Å². The molecule has 152 valence electrons. The van der Waals surface area contributed by atoms with E-state index in [1.54, 1.807) is 10.7 Å². The van der Waals surface area contributed by atoms with E-state index >= 15 is 0 Å². The highest BCUT2D eigenvalue weighted by Crippen LogP contribution is 2.37. The molecule has 2 fully saturated rings. The first-order valence-electron chi connectivity index (χ1n) is 9.72. The van der Waals surface area contributed by atoms with Crippen LogP contribution in [0, 0.1) is 0 Å². The van der Waals surface area contributed by atoms with Gasteiger partial charge in [0.1, 0.15) is 23.7 Å². The zero-order valence-electron chi connectivity index (χ0n) is 15.6. The molecular formula is C19H20F3N7. The Kier molecular flexibility index (Phi) is 4.29. The predicted octanol–water partition coefficient (Wildman–Crippen LogP) is 3.18. The largest absolute Gasteiger partial charge is 0.433 e. The summed E-state index contributed by atoms with van der Waals surface area (Å²) >= 11 is 0. The Morgan fingerprint density at radius 1 is 0.966 bits per heavy atom. The van der Waals surface area contributed by atoms with Gasteiger partial charge in [0, 0.05) is 43.6 Å². The molecule has 0 spiro atoms. The number of piperidine rings is 1. The summed E-state index contributed by atoms with van der Waals surface area (Å²) in [6.07, 6.45) is 3.74. The first-order chi connectivity index (χ1) is 14.0. The van der Waals surface area contributed by atoms with Crippen LogP contribution in [-0.4, -0.2) is 49.7 Å². The highest BCUT2D eigenvalue weighted by Gasteiger charge is 2.39. The number of hydrogen-bond donors (Lipinski definition) is 0. The van der Waals surface area contributed by atoms with E-state index in [0.717, 1.165) is 62.6 Å². The fourth-order valence-corrected chi connectivity index (χ4v) is 4.02. The maximum Gasteiger partial charge on any atom is 0.433 e. The minimum Gasteiger partial charge on any atom is -0.355 e. The summed E-state index contributed by atoms with van der Waals surface area (Å²) < 4.78 is 41.0. The van der Waals surface area contributed by atoms with Crippen LogP contribution in [0.2, 0.25) is 0 Å². The molecule has 3 aromatic rings. The zero-order chi connectivity index (χ0) is 20.0. The van der Waals surface area contributed by atoms with Crippen LogP contribution in [0.15, 0.2) is 36.9 Å². The molecule has 0 radical (unpaired) electrons. The van der Waals surface area contributed by atoms with Gasteiger partial charge in [0.05, 0.1) is 0 Å². The van der Waals surface area contributed by atoms with Crippen molar-refractivity contribution in [3.63, 3.8) is 0 Å². The van der Waals surface area contributed by atoms with Crippen molar-refractivity contribution in [1.29, 1.82) is 0 Å². The van der Waals surface area contributed by atoms with E-state index < -0.39 is 11.9 Å². The van der Waals surface area contributed by atoms with E-state index in [-0.39, 0.29) is 12.1 Å². The standard InChI is InChI=1S/C19H20F3N7/c20-19(21,22)15-11-18(25-12-24-15)29(13-1-2-13)14-5-8-27(9-6-14)17-4-3-16-23-7-10-28(16)26-17/h3-4,7,10-14H,1-2,5-6,8-9H2. The third-order valence-electron chi connectivity index (χ3n) is 5.57.